The van der Waals surface area contributed by atoms with E-state index in [-0.39, 0.29) is 11.9 Å². The molecule has 0 unspecified atom stereocenters. The molecular weight excluding hydrogens is 294 g/mol. The van der Waals surface area contributed by atoms with Gasteiger partial charge in [0.05, 0.1) is 19.3 Å². The second kappa shape index (κ2) is 9.22. The van der Waals surface area contributed by atoms with Crippen LogP contribution in [-0.4, -0.2) is 50.1 Å². The third kappa shape index (κ3) is 5.30. The SMILES string of the molecule is CCCN=C(NCCc1ccco1)N1CCC(C(=O)OC)CC1. The monoisotopic (exact) mass is 321 g/mol. The molecule has 128 valence electrons. The number of methoxy groups -OCH3 is 1. The summed E-state index contributed by atoms with van der Waals surface area (Å²) in [6.07, 6.45) is 5.17. The van der Waals surface area contributed by atoms with Crippen LogP contribution in [-0.2, 0) is 16.0 Å². The average molecular weight is 321 g/mol. The van der Waals surface area contributed by atoms with E-state index < -0.39 is 0 Å². The fourth-order valence-electron chi connectivity index (χ4n) is 2.73. The summed E-state index contributed by atoms with van der Waals surface area (Å²) in [5.74, 6) is 1.83. The highest BCUT2D eigenvalue weighted by molar-refractivity contribution is 5.80. The van der Waals surface area contributed by atoms with Crippen molar-refractivity contribution in [2.45, 2.75) is 32.6 Å². The van der Waals surface area contributed by atoms with Crippen LogP contribution >= 0.6 is 0 Å². The van der Waals surface area contributed by atoms with E-state index in [1.807, 2.05) is 12.1 Å². The largest absolute Gasteiger partial charge is 0.469 e. The number of rotatable bonds is 6. The van der Waals surface area contributed by atoms with Gasteiger partial charge < -0.3 is 19.4 Å². The average Bonchev–Trinajstić information content (AvgIpc) is 3.11. The molecule has 1 fully saturated rings. The van der Waals surface area contributed by atoms with E-state index in [4.69, 9.17) is 9.15 Å². The van der Waals surface area contributed by atoms with E-state index in [9.17, 15) is 4.79 Å². The number of piperidine rings is 1. The Kier molecular flexibility index (Phi) is 6.97. The highest BCUT2D eigenvalue weighted by Crippen LogP contribution is 2.18. The van der Waals surface area contributed by atoms with Crippen molar-refractivity contribution >= 4 is 11.9 Å². The number of nitrogens with zero attached hydrogens (tertiary/aromatic N) is 2. The lowest BCUT2D eigenvalue weighted by Crippen LogP contribution is -2.47. The van der Waals surface area contributed by atoms with Gasteiger partial charge in [0.25, 0.3) is 0 Å². The predicted molar refractivity (Wildman–Crippen MR) is 89.3 cm³/mol. The maximum Gasteiger partial charge on any atom is 0.308 e. The van der Waals surface area contributed by atoms with Crippen molar-refractivity contribution in [3.8, 4) is 0 Å². The zero-order valence-electron chi connectivity index (χ0n) is 14.1. The van der Waals surface area contributed by atoms with Crippen molar-refractivity contribution < 1.29 is 13.9 Å². The first-order valence-electron chi connectivity index (χ1n) is 8.38. The van der Waals surface area contributed by atoms with Gasteiger partial charge in [-0.1, -0.05) is 6.92 Å². The molecule has 0 aromatic carbocycles. The molecule has 1 aliphatic heterocycles. The number of hydrogen-bond acceptors (Lipinski definition) is 4. The van der Waals surface area contributed by atoms with E-state index in [1.54, 1.807) is 6.26 Å². The Morgan fingerprint density at radius 1 is 1.48 bits per heavy atom. The van der Waals surface area contributed by atoms with Crippen molar-refractivity contribution in [1.29, 1.82) is 0 Å². The van der Waals surface area contributed by atoms with Gasteiger partial charge in [0.15, 0.2) is 5.96 Å². The predicted octanol–water partition coefficient (Wildman–Crippen LogP) is 2.06. The minimum absolute atomic E-state index is 0.0202. The fraction of sp³-hybridized carbons (Fsp3) is 0.647. The Morgan fingerprint density at radius 3 is 2.87 bits per heavy atom. The van der Waals surface area contributed by atoms with Gasteiger partial charge in [-0.05, 0) is 31.4 Å². The van der Waals surface area contributed by atoms with Crippen LogP contribution < -0.4 is 5.32 Å². The molecule has 0 atom stereocenters. The molecule has 23 heavy (non-hydrogen) atoms. The van der Waals surface area contributed by atoms with E-state index in [2.05, 4.69) is 22.1 Å². The maximum atomic E-state index is 11.6. The first-order chi connectivity index (χ1) is 11.2. The second-order valence-electron chi connectivity index (χ2n) is 5.75. The number of carbonyl (C=O) groups is 1. The number of nitrogens with one attached hydrogen (secondary N) is 1. The molecule has 1 aromatic heterocycles. The van der Waals surface area contributed by atoms with Gasteiger partial charge >= 0.3 is 5.97 Å². The Labute approximate surface area is 137 Å². The first kappa shape index (κ1) is 17.4. The molecule has 2 rings (SSSR count). The Morgan fingerprint density at radius 2 is 2.26 bits per heavy atom. The van der Waals surface area contributed by atoms with Gasteiger partial charge in [-0.3, -0.25) is 9.79 Å². The van der Waals surface area contributed by atoms with Gasteiger partial charge in [0.1, 0.15) is 5.76 Å². The third-order valence-corrected chi connectivity index (χ3v) is 4.05. The number of furan rings is 1. The van der Waals surface area contributed by atoms with Gasteiger partial charge in [-0.2, -0.15) is 0 Å². The van der Waals surface area contributed by atoms with Gasteiger partial charge in [-0.15, -0.1) is 0 Å². The lowest BCUT2D eigenvalue weighted by Gasteiger charge is -2.33. The summed E-state index contributed by atoms with van der Waals surface area (Å²) in [5.41, 5.74) is 0. The minimum atomic E-state index is -0.0949. The summed E-state index contributed by atoms with van der Waals surface area (Å²) in [6, 6.07) is 3.88. The molecule has 1 N–H and O–H groups in total. The number of esters is 1. The number of aliphatic imine (C=N–C) groups is 1. The molecule has 1 aliphatic rings. The number of hydrogen-bond donors (Lipinski definition) is 1. The molecular formula is C17H27N3O3. The molecule has 0 radical (unpaired) electrons. The van der Waals surface area contributed by atoms with Crippen LogP contribution in [0.4, 0.5) is 0 Å². The molecule has 0 spiro atoms. The quantitative estimate of drug-likeness (QED) is 0.493. The van der Waals surface area contributed by atoms with Crippen LogP contribution in [0.25, 0.3) is 0 Å². The number of likely N-dealkylation sites (tertiary alicyclic amines) is 1. The van der Waals surface area contributed by atoms with Crippen LogP contribution in [0.5, 0.6) is 0 Å². The Balaban J connectivity index is 1.84. The Bertz CT molecular complexity index is 491. The Hall–Kier alpha value is -1.98. The second-order valence-corrected chi connectivity index (χ2v) is 5.75. The molecule has 0 aliphatic carbocycles. The first-order valence-corrected chi connectivity index (χ1v) is 8.38. The summed E-state index contributed by atoms with van der Waals surface area (Å²) < 4.78 is 10.2. The summed E-state index contributed by atoms with van der Waals surface area (Å²) >= 11 is 0. The van der Waals surface area contributed by atoms with Crippen molar-refractivity contribution in [2.24, 2.45) is 10.9 Å². The topological polar surface area (TPSA) is 67.1 Å². The number of ether oxygens (including phenoxy) is 1. The standard InChI is InChI=1S/C17H27N3O3/c1-3-9-18-17(19-10-6-15-5-4-13-23-15)20-11-7-14(8-12-20)16(21)22-2/h4-5,13-14H,3,6-12H2,1-2H3,(H,18,19). The van der Waals surface area contributed by atoms with Crippen LogP contribution in [0, 0.1) is 5.92 Å². The molecule has 2 heterocycles. The lowest BCUT2D eigenvalue weighted by atomic mass is 9.97. The van der Waals surface area contributed by atoms with Crippen LogP contribution in [0.1, 0.15) is 31.9 Å². The molecule has 1 saturated heterocycles. The van der Waals surface area contributed by atoms with Gasteiger partial charge in [-0.25, -0.2) is 0 Å². The molecule has 0 bridgehead atoms. The summed E-state index contributed by atoms with van der Waals surface area (Å²) in [4.78, 5) is 18.5. The van der Waals surface area contributed by atoms with Crippen LogP contribution in [0.15, 0.2) is 27.8 Å². The number of carbonyl (C=O) groups excluding carboxylic acids is 1. The molecule has 6 heteroatoms. The van der Waals surface area contributed by atoms with Crippen LogP contribution in [0.2, 0.25) is 0 Å². The molecule has 0 amide bonds. The van der Waals surface area contributed by atoms with E-state index in [0.717, 1.165) is 63.6 Å². The molecule has 0 saturated carbocycles. The molecule has 1 aromatic rings. The van der Waals surface area contributed by atoms with Gasteiger partial charge in [0.2, 0.25) is 0 Å². The van der Waals surface area contributed by atoms with Crippen molar-refractivity contribution in [1.82, 2.24) is 10.2 Å². The zero-order chi connectivity index (χ0) is 16.5. The maximum absolute atomic E-state index is 11.6. The third-order valence-electron chi connectivity index (χ3n) is 4.05. The van der Waals surface area contributed by atoms with Crippen molar-refractivity contribution in [3.05, 3.63) is 24.2 Å². The van der Waals surface area contributed by atoms with Crippen molar-refractivity contribution in [2.75, 3.05) is 33.3 Å². The molecule has 6 nitrogen and oxygen atoms in total. The number of guanidine groups is 1. The smallest absolute Gasteiger partial charge is 0.308 e. The highest BCUT2D eigenvalue weighted by atomic mass is 16.5. The van der Waals surface area contributed by atoms with E-state index in [1.165, 1.54) is 7.11 Å². The van der Waals surface area contributed by atoms with Crippen molar-refractivity contribution in [3.63, 3.8) is 0 Å². The van der Waals surface area contributed by atoms with E-state index >= 15 is 0 Å². The fourth-order valence-corrected chi connectivity index (χ4v) is 2.73. The van der Waals surface area contributed by atoms with Crippen LogP contribution in [0.3, 0.4) is 0 Å². The highest BCUT2D eigenvalue weighted by Gasteiger charge is 2.26. The summed E-state index contributed by atoms with van der Waals surface area (Å²) in [5, 5.41) is 3.42. The normalized spacial score (nSPS) is 16.4. The summed E-state index contributed by atoms with van der Waals surface area (Å²) in [7, 11) is 1.46. The van der Waals surface area contributed by atoms with E-state index in [0.29, 0.717) is 0 Å². The zero-order valence-corrected chi connectivity index (χ0v) is 14.1. The summed E-state index contributed by atoms with van der Waals surface area (Å²) in [6.45, 7) is 5.37. The minimum Gasteiger partial charge on any atom is -0.469 e. The lowest BCUT2D eigenvalue weighted by molar-refractivity contribution is -0.146. The van der Waals surface area contributed by atoms with Gasteiger partial charge in [0, 0.05) is 32.6 Å².